The molecule has 0 aromatic heterocycles. The third-order valence-corrected chi connectivity index (χ3v) is 5.07. The van der Waals surface area contributed by atoms with Crippen molar-refractivity contribution < 1.29 is 4.74 Å². The first kappa shape index (κ1) is 18.1. The van der Waals surface area contributed by atoms with Gasteiger partial charge in [-0.3, -0.25) is 0 Å². The zero-order valence-electron chi connectivity index (χ0n) is 15.8. The highest BCUT2D eigenvalue weighted by atomic mass is 16.5. The molecule has 0 aliphatic rings. The van der Waals surface area contributed by atoms with Crippen molar-refractivity contribution in [3.63, 3.8) is 0 Å². The van der Waals surface area contributed by atoms with Gasteiger partial charge < -0.3 is 10.5 Å². The Kier molecular flexibility index (Phi) is 4.61. The van der Waals surface area contributed by atoms with Crippen molar-refractivity contribution in [3.8, 4) is 40.1 Å². The predicted octanol–water partition coefficient (Wildman–Crippen LogP) is 5.51. The molecule has 0 saturated heterocycles. The van der Waals surface area contributed by atoms with E-state index >= 15 is 0 Å². The summed E-state index contributed by atoms with van der Waals surface area (Å²) < 4.78 is 5.23. The molecule has 0 heterocycles. The molecule has 0 aliphatic carbocycles. The molecule has 0 fully saturated rings. The molecule has 4 nitrogen and oxygen atoms in total. The average molecular weight is 375 g/mol. The van der Waals surface area contributed by atoms with Crippen LogP contribution in [0.1, 0.15) is 11.1 Å². The number of hydrogen-bond acceptors (Lipinski definition) is 4. The Morgan fingerprint density at radius 3 is 2.10 bits per heavy atom. The first-order chi connectivity index (χ1) is 14.2. The monoisotopic (exact) mass is 375 g/mol. The maximum atomic E-state index is 9.83. The Hall–Kier alpha value is -4.28. The zero-order chi connectivity index (χ0) is 20.4. The van der Waals surface area contributed by atoms with Crippen molar-refractivity contribution in [2.24, 2.45) is 0 Å². The molecule has 0 bridgehead atoms. The number of anilines is 1. The molecule has 138 valence electrons. The minimum Gasteiger partial charge on any atom is -0.497 e. The lowest BCUT2D eigenvalue weighted by atomic mass is 9.88. The highest BCUT2D eigenvalue weighted by molar-refractivity contribution is 6.00. The number of nitrogens with two attached hydrogens (primary N) is 1. The van der Waals surface area contributed by atoms with Crippen LogP contribution in [0.4, 0.5) is 5.69 Å². The number of ether oxygens (including phenoxy) is 1. The molecule has 0 atom stereocenters. The molecule has 0 spiro atoms. The molecule has 29 heavy (non-hydrogen) atoms. The summed E-state index contributed by atoms with van der Waals surface area (Å²) in [5.41, 5.74) is 10.3. The summed E-state index contributed by atoms with van der Waals surface area (Å²) in [6, 6.07) is 27.7. The number of benzene rings is 4. The fourth-order valence-corrected chi connectivity index (χ4v) is 3.62. The largest absolute Gasteiger partial charge is 0.497 e. The molecular formula is C25H17N3O. The summed E-state index contributed by atoms with van der Waals surface area (Å²) in [5.74, 6) is 0.725. The SMILES string of the molecule is COc1ccc(-c2cc(-c3cccc4ccccc34)c(C#N)c(N)c2C#N)cc1. The maximum Gasteiger partial charge on any atom is 0.118 e. The lowest BCUT2D eigenvalue weighted by Gasteiger charge is -2.15. The van der Waals surface area contributed by atoms with E-state index in [-0.39, 0.29) is 5.69 Å². The summed E-state index contributed by atoms with van der Waals surface area (Å²) >= 11 is 0. The molecule has 0 aliphatic heterocycles. The van der Waals surface area contributed by atoms with Crippen molar-refractivity contribution in [3.05, 3.63) is 83.9 Å². The van der Waals surface area contributed by atoms with Gasteiger partial charge in [0.15, 0.2) is 0 Å². The van der Waals surface area contributed by atoms with Crippen LogP contribution in [0, 0.1) is 22.7 Å². The van der Waals surface area contributed by atoms with Gasteiger partial charge in [0.05, 0.1) is 23.9 Å². The van der Waals surface area contributed by atoms with Crippen LogP contribution in [0.15, 0.2) is 72.8 Å². The van der Waals surface area contributed by atoms with Crippen molar-refractivity contribution in [2.45, 2.75) is 0 Å². The van der Waals surface area contributed by atoms with Gasteiger partial charge >= 0.3 is 0 Å². The van der Waals surface area contributed by atoms with Crippen LogP contribution in [0.25, 0.3) is 33.0 Å². The van der Waals surface area contributed by atoms with E-state index in [2.05, 4.69) is 12.1 Å². The predicted molar refractivity (Wildman–Crippen MR) is 115 cm³/mol. The van der Waals surface area contributed by atoms with Crippen LogP contribution < -0.4 is 10.5 Å². The zero-order valence-corrected chi connectivity index (χ0v) is 15.8. The van der Waals surface area contributed by atoms with Gasteiger partial charge in [0, 0.05) is 11.1 Å². The standard InChI is InChI=1S/C25H17N3O/c1-29-18-11-9-17(10-12-18)21-13-22(24(15-27)25(28)23(21)14-26)20-8-4-6-16-5-2-3-7-19(16)20/h2-13H,28H2,1H3. The molecule has 0 radical (unpaired) electrons. The molecule has 4 aromatic rings. The van der Waals surface area contributed by atoms with Gasteiger partial charge in [0.1, 0.15) is 17.9 Å². The van der Waals surface area contributed by atoms with Crippen LogP contribution in [0.5, 0.6) is 5.75 Å². The van der Waals surface area contributed by atoms with E-state index in [0.717, 1.165) is 27.6 Å². The molecule has 4 heteroatoms. The Morgan fingerprint density at radius 1 is 0.759 bits per heavy atom. The molecular weight excluding hydrogens is 358 g/mol. The summed E-state index contributed by atoms with van der Waals surface area (Å²) in [7, 11) is 1.61. The average Bonchev–Trinajstić information content (AvgIpc) is 2.78. The van der Waals surface area contributed by atoms with Gasteiger partial charge in [-0.05, 0) is 40.1 Å². The Morgan fingerprint density at radius 2 is 1.41 bits per heavy atom. The second-order valence-electron chi connectivity index (χ2n) is 6.61. The molecule has 2 N–H and O–H groups in total. The summed E-state index contributed by atoms with van der Waals surface area (Å²) in [6.07, 6.45) is 0. The van der Waals surface area contributed by atoms with Gasteiger partial charge in [-0.25, -0.2) is 0 Å². The first-order valence-electron chi connectivity index (χ1n) is 9.07. The van der Waals surface area contributed by atoms with E-state index in [0.29, 0.717) is 22.3 Å². The second-order valence-corrected chi connectivity index (χ2v) is 6.61. The fraction of sp³-hybridized carbons (Fsp3) is 0.0400. The van der Waals surface area contributed by atoms with Gasteiger partial charge in [0.2, 0.25) is 0 Å². The Bertz CT molecular complexity index is 1300. The van der Waals surface area contributed by atoms with E-state index in [4.69, 9.17) is 10.5 Å². The van der Waals surface area contributed by atoms with E-state index < -0.39 is 0 Å². The molecule has 0 saturated carbocycles. The van der Waals surface area contributed by atoms with Gasteiger partial charge in [-0.2, -0.15) is 10.5 Å². The number of rotatable bonds is 3. The van der Waals surface area contributed by atoms with Crippen LogP contribution in [-0.2, 0) is 0 Å². The summed E-state index contributed by atoms with van der Waals surface area (Å²) in [6.45, 7) is 0. The minimum atomic E-state index is 0.200. The Balaban J connectivity index is 2.05. The lowest BCUT2D eigenvalue weighted by molar-refractivity contribution is 0.415. The van der Waals surface area contributed by atoms with E-state index in [1.54, 1.807) is 7.11 Å². The fourth-order valence-electron chi connectivity index (χ4n) is 3.62. The third-order valence-electron chi connectivity index (χ3n) is 5.07. The molecule has 0 unspecified atom stereocenters. The summed E-state index contributed by atoms with van der Waals surface area (Å²) in [4.78, 5) is 0. The number of fused-ring (bicyclic) bond motifs is 1. The van der Waals surface area contributed by atoms with E-state index in [1.165, 1.54) is 0 Å². The highest BCUT2D eigenvalue weighted by Gasteiger charge is 2.19. The van der Waals surface area contributed by atoms with Crippen molar-refractivity contribution in [1.29, 1.82) is 10.5 Å². The van der Waals surface area contributed by atoms with Crippen LogP contribution in [0.3, 0.4) is 0 Å². The first-order valence-corrected chi connectivity index (χ1v) is 9.07. The third kappa shape index (κ3) is 3.04. The molecule has 4 aromatic carbocycles. The number of nitrogen functional groups attached to an aromatic ring is 1. The highest BCUT2D eigenvalue weighted by Crippen LogP contribution is 2.39. The van der Waals surface area contributed by atoms with E-state index in [1.807, 2.05) is 72.8 Å². The quantitative estimate of drug-likeness (QED) is 0.479. The van der Waals surface area contributed by atoms with Crippen LogP contribution >= 0.6 is 0 Å². The maximum absolute atomic E-state index is 9.83. The van der Waals surface area contributed by atoms with Crippen molar-refractivity contribution >= 4 is 16.5 Å². The van der Waals surface area contributed by atoms with Crippen LogP contribution in [-0.4, -0.2) is 7.11 Å². The smallest absolute Gasteiger partial charge is 0.118 e. The van der Waals surface area contributed by atoms with Gasteiger partial charge in [0.25, 0.3) is 0 Å². The normalized spacial score (nSPS) is 10.3. The Labute approximate surface area is 169 Å². The molecule has 0 amide bonds. The van der Waals surface area contributed by atoms with Crippen molar-refractivity contribution in [2.75, 3.05) is 12.8 Å². The van der Waals surface area contributed by atoms with Crippen LogP contribution in [0.2, 0.25) is 0 Å². The molecule has 4 rings (SSSR count). The number of nitriles is 2. The second kappa shape index (κ2) is 7.38. The topological polar surface area (TPSA) is 82.8 Å². The number of hydrogen-bond donors (Lipinski definition) is 1. The van der Waals surface area contributed by atoms with E-state index in [9.17, 15) is 10.5 Å². The van der Waals surface area contributed by atoms with Gasteiger partial charge in [-0.15, -0.1) is 0 Å². The number of nitrogens with zero attached hydrogens (tertiary/aromatic N) is 2. The van der Waals surface area contributed by atoms with Gasteiger partial charge in [-0.1, -0.05) is 54.6 Å². The van der Waals surface area contributed by atoms with Crippen molar-refractivity contribution in [1.82, 2.24) is 0 Å². The summed E-state index contributed by atoms with van der Waals surface area (Å²) in [5, 5.41) is 21.7. The minimum absolute atomic E-state index is 0.200. The number of methoxy groups -OCH3 is 1. The lowest BCUT2D eigenvalue weighted by Crippen LogP contribution is -2.01.